The van der Waals surface area contributed by atoms with Gasteiger partial charge < -0.3 is 23.9 Å². The van der Waals surface area contributed by atoms with Gasteiger partial charge in [0.15, 0.2) is 0 Å². The van der Waals surface area contributed by atoms with Crippen LogP contribution in [0.4, 0.5) is 17.1 Å². The van der Waals surface area contributed by atoms with Crippen LogP contribution in [0.25, 0.3) is 38.8 Å². The second-order valence-corrected chi connectivity index (χ2v) is 20.9. The van der Waals surface area contributed by atoms with Gasteiger partial charge >= 0.3 is 6.85 Å². The molecule has 0 amide bonds. The number of fused-ring (bicyclic) bond motifs is 6. The second kappa shape index (κ2) is 17.2. The Labute approximate surface area is 434 Å². The first-order valence-corrected chi connectivity index (χ1v) is 23.9. The summed E-state index contributed by atoms with van der Waals surface area (Å²) in [7, 11) is 0. The SMILES string of the molecule is [2H]c1c([2H])c([2H])c(C2=C(N3[CH-]N(c4[c-]c(Oc5[c-]c6c(cc5)c5ccccc5n6-c5cc(C(C)(C)C)ccn5)ccc4)c4ccccc43)N3C=C(c4ccc5c(c4)C(C)(C)CCC5(C)C)C=CB3C=C2)c([2H])c1[2H].[Pt]. The molecule has 8 aromatic rings. The zero-order chi connectivity index (χ0) is 51.6. The third-order valence-electron chi connectivity index (χ3n) is 14.5. The van der Waals surface area contributed by atoms with E-state index < -0.39 is 6.04 Å². The molecule has 0 radical (unpaired) electrons. The van der Waals surface area contributed by atoms with E-state index in [1.165, 1.54) is 16.7 Å². The van der Waals surface area contributed by atoms with Crippen LogP contribution in [0.3, 0.4) is 0 Å². The fourth-order valence-electron chi connectivity index (χ4n) is 10.5. The van der Waals surface area contributed by atoms with Gasteiger partial charge in [0.25, 0.3) is 0 Å². The van der Waals surface area contributed by atoms with Crippen molar-refractivity contribution in [3.05, 3.63) is 228 Å². The van der Waals surface area contributed by atoms with Crippen molar-refractivity contribution in [2.75, 3.05) is 9.80 Å². The number of anilines is 3. The van der Waals surface area contributed by atoms with Crippen LogP contribution in [0.2, 0.25) is 0 Å². The molecule has 0 N–H and O–H groups in total. The standard InChI is InChI=1S/C62H55BN5O.Pt/c1-60(2,3)45-30-35-64-58(37-45)68-54-21-12-11-20-50(54)51-26-25-48(39-57(51)68)69-47-19-15-18-46(38-47)65-41-66(56-23-14-13-22-55(56)65)59-49(42-16-9-8-10-17-42)29-34-63-33-28-44(40-67(59)63)43-24-27-52-53(36-43)62(6,7)32-31-61(52,4)5;/h8-30,33-37,40-41H,31-32H2,1-7H3;/q-3;/i8D,9D,10D,16D,17D;. The Morgan fingerprint density at radius 3 is 2.24 bits per heavy atom. The predicted molar refractivity (Wildman–Crippen MR) is 286 cm³/mol. The van der Waals surface area contributed by atoms with Crippen LogP contribution < -0.4 is 14.5 Å². The molecular formula is C62H55BN5OPt-3. The summed E-state index contributed by atoms with van der Waals surface area (Å²) in [6.45, 7) is 17.7. The number of ether oxygens (including phenoxy) is 1. The van der Waals surface area contributed by atoms with Crippen molar-refractivity contribution in [1.29, 1.82) is 0 Å². The van der Waals surface area contributed by atoms with Crippen LogP contribution in [-0.4, -0.2) is 21.2 Å². The van der Waals surface area contributed by atoms with Gasteiger partial charge in [-0.1, -0.05) is 157 Å². The molecule has 5 heterocycles. The van der Waals surface area contributed by atoms with Gasteiger partial charge in [-0.15, -0.1) is 48.1 Å². The predicted octanol–water partition coefficient (Wildman–Crippen LogP) is 15.2. The number of allylic oxidation sites excluding steroid dienone is 4. The number of rotatable bonds is 7. The van der Waals surface area contributed by atoms with Gasteiger partial charge in [0, 0.05) is 67.4 Å². The minimum Gasteiger partial charge on any atom is -0.509 e. The van der Waals surface area contributed by atoms with Crippen molar-refractivity contribution in [3.63, 3.8) is 0 Å². The van der Waals surface area contributed by atoms with Gasteiger partial charge in [-0.25, -0.2) is 4.98 Å². The van der Waals surface area contributed by atoms with Crippen molar-refractivity contribution < 1.29 is 32.7 Å². The van der Waals surface area contributed by atoms with Crippen LogP contribution in [0.15, 0.2) is 182 Å². The minimum atomic E-state index is -0.435. The molecule has 0 bridgehead atoms. The Hall–Kier alpha value is -6.82. The molecule has 1 aliphatic carbocycles. The summed E-state index contributed by atoms with van der Waals surface area (Å²) in [4.78, 5) is 11.1. The van der Waals surface area contributed by atoms with Crippen molar-refractivity contribution in [1.82, 2.24) is 14.4 Å². The second-order valence-electron chi connectivity index (χ2n) is 20.9. The molecule has 6 nitrogen and oxygen atoms in total. The number of hydrogen-bond donors (Lipinski definition) is 0. The number of aromatic nitrogens is 2. The van der Waals surface area contributed by atoms with Gasteiger partial charge in [0.1, 0.15) is 5.82 Å². The van der Waals surface area contributed by atoms with Gasteiger partial charge in [0.2, 0.25) is 0 Å². The molecule has 0 saturated heterocycles. The minimum absolute atomic E-state index is 0. The third-order valence-corrected chi connectivity index (χ3v) is 14.5. The summed E-state index contributed by atoms with van der Waals surface area (Å²) in [6, 6.07) is 42.8. The normalized spacial score (nSPS) is 17.8. The van der Waals surface area contributed by atoms with Crippen molar-refractivity contribution in [2.45, 2.75) is 77.6 Å². The number of para-hydroxylation sites is 3. The number of pyridine rings is 1. The maximum absolute atomic E-state index is 9.24. The zero-order valence-corrected chi connectivity index (χ0v) is 42.7. The van der Waals surface area contributed by atoms with Crippen LogP contribution in [0.1, 0.15) is 96.0 Å². The smallest absolute Gasteiger partial charge is 0.314 e. The van der Waals surface area contributed by atoms with Gasteiger partial charge in [0.05, 0.1) is 12.7 Å². The van der Waals surface area contributed by atoms with Crippen molar-refractivity contribution >= 4 is 56.9 Å². The van der Waals surface area contributed by atoms with Gasteiger partial charge in [-0.3, -0.25) is 0 Å². The first kappa shape index (κ1) is 40.0. The average molecular weight is 1100 g/mol. The Balaban J connectivity index is 0.00000602. The van der Waals surface area contributed by atoms with E-state index >= 15 is 0 Å². The molecule has 12 rings (SSSR count). The monoisotopic (exact) mass is 1100 g/mol. The maximum atomic E-state index is 9.24. The Morgan fingerprint density at radius 2 is 1.44 bits per heavy atom. The van der Waals surface area contributed by atoms with Crippen LogP contribution in [-0.2, 0) is 37.3 Å². The molecule has 4 aliphatic rings. The van der Waals surface area contributed by atoms with E-state index in [9.17, 15) is 2.74 Å². The van der Waals surface area contributed by atoms with E-state index in [0.29, 0.717) is 28.6 Å². The third kappa shape index (κ3) is 7.83. The average Bonchev–Trinajstić information content (AvgIpc) is 3.94. The first-order valence-electron chi connectivity index (χ1n) is 26.4. The molecule has 0 spiro atoms. The summed E-state index contributed by atoms with van der Waals surface area (Å²) in [5, 5.41) is 2.13. The van der Waals surface area contributed by atoms with E-state index in [1.54, 1.807) is 0 Å². The Kier molecular flexibility index (Phi) is 9.85. The van der Waals surface area contributed by atoms with E-state index in [1.807, 2.05) is 79.5 Å². The summed E-state index contributed by atoms with van der Waals surface area (Å²) < 4.78 is 53.3. The molecule has 0 atom stereocenters. The molecule has 0 unspecified atom stereocenters. The fourth-order valence-corrected chi connectivity index (χ4v) is 10.5. The van der Waals surface area contributed by atoms with Crippen molar-refractivity contribution in [2.24, 2.45) is 0 Å². The van der Waals surface area contributed by atoms with Gasteiger partial charge in [-0.2, -0.15) is 12.1 Å². The molecule has 350 valence electrons. The number of benzene rings is 6. The molecular weight excluding hydrogens is 1040 g/mol. The summed E-state index contributed by atoms with van der Waals surface area (Å²) in [5.74, 6) is 6.66. The van der Waals surface area contributed by atoms with E-state index in [0.717, 1.165) is 63.0 Å². The summed E-state index contributed by atoms with van der Waals surface area (Å²) in [6.07, 6.45) is 10.3. The molecule has 6 aromatic carbocycles. The van der Waals surface area contributed by atoms with E-state index in [-0.39, 0.29) is 73.9 Å². The molecule has 3 aliphatic heterocycles. The fraction of sp³-hybridized carbons (Fsp3) is 0.194. The molecule has 0 saturated carbocycles. The van der Waals surface area contributed by atoms with Crippen LogP contribution in [0.5, 0.6) is 11.5 Å². The van der Waals surface area contributed by atoms with E-state index in [4.69, 9.17) is 13.8 Å². The van der Waals surface area contributed by atoms with Crippen LogP contribution in [0, 0.1) is 18.8 Å². The van der Waals surface area contributed by atoms with Crippen molar-refractivity contribution in [3.8, 4) is 17.3 Å². The van der Waals surface area contributed by atoms with Crippen LogP contribution >= 0.6 is 0 Å². The maximum Gasteiger partial charge on any atom is 0.314 e. The topological polar surface area (TPSA) is 36.8 Å². The Morgan fingerprint density at radius 1 is 0.714 bits per heavy atom. The molecule has 8 heteroatoms. The largest absolute Gasteiger partial charge is 0.509 e. The van der Waals surface area contributed by atoms with Gasteiger partial charge in [-0.05, 0) is 98.2 Å². The number of hydrogen-bond acceptors (Lipinski definition) is 5. The molecule has 0 fully saturated rings. The zero-order valence-electron chi connectivity index (χ0n) is 45.4. The van der Waals surface area contributed by atoms with E-state index in [2.05, 4.69) is 153 Å². The molecule has 2 aromatic heterocycles. The quantitative estimate of drug-likeness (QED) is 0.117. The molecule has 70 heavy (non-hydrogen) atoms. The first-order chi connectivity index (χ1) is 35.4. The summed E-state index contributed by atoms with van der Waals surface area (Å²) in [5.41, 5.74) is 10.9. The number of nitrogens with zero attached hydrogens (tertiary/aromatic N) is 5. The Bertz CT molecular complexity index is 3770. The summed E-state index contributed by atoms with van der Waals surface area (Å²) >= 11 is 0.